The van der Waals surface area contributed by atoms with Crippen LogP contribution in [0.3, 0.4) is 0 Å². The molecule has 2 rings (SSSR count). The second-order valence-corrected chi connectivity index (χ2v) is 4.68. The Balaban J connectivity index is 2.21. The Labute approximate surface area is 121 Å². The summed E-state index contributed by atoms with van der Waals surface area (Å²) in [6, 6.07) is 3.02. The fraction of sp³-hybridized carbons (Fsp3) is 0.385. The number of nitro groups is 1. The molecule has 0 saturated heterocycles. The number of benzene rings is 1. The van der Waals surface area contributed by atoms with Crippen molar-refractivity contribution in [3.63, 3.8) is 0 Å². The normalized spacial score (nSPS) is 13.1. The second-order valence-electron chi connectivity index (χ2n) is 4.68. The highest BCUT2D eigenvalue weighted by molar-refractivity contribution is 5.95. The Morgan fingerprint density at radius 3 is 2.86 bits per heavy atom. The highest BCUT2D eigenvalue weighted by Crippen LogP contribution is 2.34. The lowest BCUT2D eigenvalue weighted by Crippen LogP contribution is -2.22. The van der Waals surface area contributed by atoms with E-state index in [1.54, 1.807) is 6.07 Å². The molecule has 1 heterocycles. The molecule has 1 aromatic carbocycles. The summed E-state index contributed by atoms with van der Waals surface area (Å²) in [6.45, 7) is 0.271. The molecule has 112 valence electrons. The lowest BCUT2D eigenvalue weighted by atomic mass is 10.0. The van der Waals surface area contributed by atoms with Crippen LogP contribution in [0.5, 0.6) is 0 Å². The van der Waals surface area contributed by atoms with Gasteiger partial charge in [0.05, 0.1) is 4.92 Å². The van der Waals surface area contributed by atoms with Crippen molar-refractivity contribution in [2.75, 3.05) is 24.2 Å². The molecule has 1 aliphatic rings. The van der Waals surface area contributed by atoms with Gasteiger partial charge in [-0.25, -0.2) is 0 Å². The molecule has 1 aliphatic heterocycles. The van der Waals surface area contributed by atoms with Crippen molar-refractivity contribution in [1.29, 1.82) is 0 Å². The molecule has 0 atom stereocenters. The minimum absolute atomic E-state index is 0.0539. The minimum Gasteiger partial charge on any atom is -0.379 e. The topological polar surface area (TPSA) is 113 Å². The largest absolute Gasteiger partial charge is 0.379 e. The van der Waals surface area contributed by atoms with Crippen molar-refractivity contribution in [2.24, 2.45) is 0 Å². The molecule has 0 radical (unpaired) electrons. The van der Waals surface area contributed by atoms with Crippen LogP contribution in [0, 0.1) is 10.1 Å². The predicted octanol–water partition coefficient (Wildman–Crippen LogP) is 1.03. The molecule has 2 amide bonds. The molecule has 0 aromatic heterocycles. The summed E-state index contributed by atoms with van der Waals surface area (Å²) in [5.74, 6) is -0.260. The summed E-state index contributed by atoms with van der Waals surface area (Å²) in [5.41, 5.74) is 1.57. The smallest absolute Gasteiger partial charge is 0.292 e. The average molecular weight is 292 g/mol. The van der Waals surface area contributed by atoms with Crippen LogP contribution >= 0.6 is 0 Å². The van der Waals surface area contributed by atoms with Gasteiger partial charge in [0.2, 0.25) is 11.8 Å². The highest BCUT2D eigenvalue weighted by Gasteiger charge is 2.22. The fourth-order valence-electron chi connectivity index (χ4n) is 2.14. The molecule has 0 unspecified atom stereocenters. The molecule has 0 bridgehead atoms. The molecule has 1 aromatic rings. The van der Waals surface area contributed by atoms with Gasteiger partial charge in [-0.05, 0) is 18.1 Å². The SMILES string of the molecule is CNC(=O)CCNc1cc2c(cc1[N+](=O)[O-])CCC(=O)N2. The Kier molecular flexibility index (Phi) is 4.36. The van der Waals surface area contributed by atoms with Gasteiger partial charge < -0.3 is 16.0 Å². The Morgan fingerprint density at radius 2 is 2.19 bits per heavy atom. The molecule has 3 N–H and O–H groups in total. The number of amides is 2. The first-order valence-electron chi connectivity index (χ1n) is 6.57. The summed E-state index contributed by atoms with van der Waals surface area (Å²) in [6.07, 6.45) is 1.02. The van der Waals surface area contributed by atoms with E-state index < -0.39 is 4.92 Å². The first-order chi connectivity index (χ1) is 10.0. The van der Waals surface area contributed by atoms with Crippen LogP contribution in [0.4, 0.5) is 17.1 Å². The summed E-state index contributed by atoms with van der Waals surface area (Å²) < 4.78 is 0. The average Bonchev–Trinajstić information content (AvgIpc) is 2.45. The van der Waals surface area contributed by atoms with E-state index in [2.05, 4.69) is 16.0 Å². The van der Waals surface area contributed by atoms with E-state index in [1.807, 2.05) is 0 Å². The van der Waals surface area contributed by atoms with Crippen LogP contribution in [0.15, 0.2) is 12.1 Å². The number of rotatable bonds is 5. The van der Waals surface area contributed by atoms with Gasteiger partial charge in [-0.15, -0.1) is 0 Å². The second kappa shape index (κ2) is 6.21. The lowest BCUT2D eigenvalue weighted by molar-refractivity contribution is -0.384. The minimum atomic E-state index is -0.473. The van der Waals surface area contributed by atoms with Crippen LogP contribution < -0.4 is 16.0 Å². The predicted molar refractivity (Wildman–Crippen MR) is 77.2 cm³/mol. The van der Waals surface area contributed by atoms with Gasteiger partial charge in [0.1, 0.15) is 5.69 Å². The maximum atomic E-state index is 11.4. The van der Waals surface area contributed by atoms with E-state index >= 15 is 0 Å². The molecule has 0 spiro atoms. The number of hydrogen-bond acceptors (Lipinski definition) is 5. The van der Waals surface area contributed by atoms with E-state index in [4.69, 9.17) is 0 Å². The molecule has 8 nitrogen and oxygen atoms in total. The number of anilines is 2. The maximum absolute atomic E-state index is 11.4. The molecule has 0 saturated carbocycles. The zero-order chi connectivity index (χ0) is 15.4. The molecule has 0 aliphatic carbocycles. The van der Waals surface area contributed by atoms with Gasteiger partial charge in [-0.1, -0.05) is 0 Å². The third-order valence-corrected chi connectivity index (χ3v) is 3.26. The van der Waals surface area contributed by atoms with Crippen molar-refractivity contribution >= 4 is 28.9 Å². The summed E-state index contributed by atoms with van der Waals surface area (Å²) in [5, 5.41) is 19.2. The van der Waals surface area contributed by atoms with Crippen LogP contribution in [0.1, 0.15) is 18.4 Å². The van der Waals surface area contributed by atoms with Crippen LogP contribution in [-0.4, -0.2) is 30.3 Å². The van der Waals surface area contributed by atoms with Crippen molar-refractivity contribution in [1.82, 2.24) is 5.32 Å². The van der Waals surface area contributed by atoms with E-state index in [-0.39, 0.29) is 30.5 Å². The molecular weight excluding hydrogens is 276 g/mol. The van der Waals surface area contributed by atoms with Gasteiger partial charge in [0.25, 0.3) is 5.69 Å². The molecule has 8 heteroatoms. The van der Waals surface area contributed by atoms with Gasteiger partial charge in [-0.2, -0.15) is 0 Å². The highest BCUT2D eigenvalue weighted by atomic mass is 16.6. The Morgan fingerprint density at radius 1 is 1.43 bits per heavy atom. The molecule has 0 fully saturated rings. The standard InChI is InChI=1S/C13H16N4O4/c1-14-12(18)4-5-15-10-7-9-8(2-3-13(19)16-9)6-11(10)17(20)21/h6-7,15H,2-5H2,1H3,(H,14,18)(H,16,19). The van der Waals surface area contributed by atoms with Crippen molar-refractivity contribution in [3.05, 3.63) is 27.8 Å². The van der Waals surface area contributed by atoms with E-state index in [0.29, 0.717) is 24.2 Å². The van der Waals surface area contributed by atoms with Crippen LogP contribution in [-0.2, 0) is 16.0 Å². The lowest BCUT2D eigenvalue weighted by Gasteiger charge is -2.18. The fourth-order valence-corrected chi connectivity index (χ4v) is 2.14. The first-order valence-corrected chi connectivity index (χ1v) is 6.57. The summed E-state index contributed by atoms with van der Waals surface area (Å²) >= 11 is 0. The number of carbonyl (C=O) groups excluding carboxylic acids is 2. The Hall–Kier alpha value is -2.64. The van der Waals surface area contributed by atoms with Gasteiger partial charge in [0.15, 0.2) is 0 Å². The number of aryl methyl sites for hydroxylation is 1. The van der Waals surface area contributed by atoms with E-state index in [0.717, 1.165) is 5.56 Å². The molecular formula is C13H16N4O4. The number of nitro benzene ring substituents is 1. The zero-order valence-corrected chi connectivity index (χ0v) is 11.6. The number of nitrogens with zero attached hydrogens (tertiary/aromatic N) is 1. The monoisotopic (exact) mass is 292 g/mol. The first kappa shape index (κ1) is 14.8. The Bertz CT molecular complexity index is 600. The maximum Gasteiger partial charge on any atom is 0.292 e. The van der Waals surface area contributed by atoms with Crippen molar-refractivity contribution < 1.29 is 14.5 Å². The summed E-state index contributed by atoms with van der Waals surface area (Å²) in [7, 11) is 1.53. The van der Waals surface area contributed by atoms with Gasteiger partial charge in [-0.3, -0.25) is 19.7 Å². The van der Waals surface area contributed by atoms with Gasteiger partial charge in [0, 0.05) is 38.2 Å². The summed E-state index contributed by atoms with van der Waals surface area (Å²) in [4.78, 5) is 33.2. The van der Waals surface area contributed by atoms with Crippen molar-refractivity contribution in [3.8, 4) is 0 Å². The van der Waals surface area contributed by atoms with Crippen LogP contribution in [0.25, 0.3) is 0 Å². The number of carbonyl (C=O) groups is 2. The quantitative estimate of drug-likeness (QED) is 0.554. The van der Waals surface area contributed by atoms with E-state index in [9.17, 15) is 19.7 Å². The number of nitrogens with one attached hydrogen (secondary N) is 3. The van der Waals surface area contributed by atoms with Gasteiger partial charge >= 0.3 is 0 Å². The number of fused-ring (bicyclic) bond motifs is 1. The van der Waals surface area contributed by atoms with Crippen LogP contribution in [0.2, 0.25) is 0 Å². The number of hydrogen-bond donors (Lipinski definition) is 3. The van der Waals surface area contributed by atoms with E-state index in [1.165, 1.54) is 13.1 Å². The van der Waals surface area contributed by atoms with Crippen molar-refractivity contribution in [2.45, 2.75) is 19.3 Å². The third kappa shape index (κ3) is 3.47. The third-order valence-electron chi connectivity index (χ3n) is 3.26. The molecule has 21 heavy (non-hydrogen) atoms. The zero-order valence-electron chi connectivity index (χ0n) is 11.6.